The van der Waals surface area contributed by atoms with E-state index >= 15 is 0 Å². The van der Waals surface area contributed by atoms with E-state index in [0.29, 0.717) is 24.7 Å². The summed E-state index contributed by atoms with van der Waals surface area (Å²) in [5.74, 6) is 0.959. The highest BCUT2D eigenvalue weighted by molar-refractivity contribution is 5.70. The number of esters is 2. The summed E-state index contributed by atoms with van der Waals surface area (Å²) < 4.78 is 19.0. The minimum absolute atomic E-state index is 0.00734. The fourth-order valence-electron chi connectivity index (χ4n) is 14.5. The van der Waals surface area contributed by atoms with Crippen molar-refractivity contribution >= 4 is 11.9 Å². The zero-order chi connectivity index (χ0) is 45.0. The van der Waals surface area contributed by atoms with Gasteiger partial charge in [0.05, 0.1) is 11.2 Å². The lowest BCUT2D eigenvalue weighted by atomic mass is 9.35. The van der Waals surface area contributed by atoms with E-state index in [1.807, 2.05) is 0 Å². The number of ether oxygens (including phenoxy) is 3. The van der Waals surface area contributed by atoms with E-state index in [1.165, 1.54) is 89.9 Å². The van der Waals surface area contributed by atoms with E-state index < -0.39 is 5.60 Å². The van der Waals surface area contributed by atoms with Gasteiger partial charge >= 0.3 is 11.9 Å². The van der Waals surface area contributed by atoms with Crippen LogP contribution in [0.25, 0.3) is 0 Å². The second-order valence-corrected chi connectivity index (χ2v) is 23.6. The second kappa shape index (κ2) is 23.4. The van der Waals surface area contributed by atoms with Crippen LogP contribution in [0.3, 0.4) is 0 Å². The summed E-state index contributed by atoms with van der Waals surface area (Å²) in [4.78, 5) is 27.3. The summed E-state index contributed by atoms with van der Waals surface area (Å²) in [6.07, 6.45) is 32.6. The molecule has 61 heavy (non-hydrogen) atoms. The number of rotatable bonds is 28. The van der Waals surface area contributed by atoms with Gasteiger partial charge in [-0.1, -0.05) is 151 Å². The molecule has 1 N–H and O–H groups in total. The highest BCUT2D eigenvalue weighted by Gasteiger charge is 2.72. The van der Waals surface area contributed by atoms with Crippen LogP contribution in [0, 0.1) is 45.3 Å². The molecule has 4 saturated carbocycles. The normalized spacial score (nSPS) is 33.0. The van der Waals surface area contributed by atoms with Crippen LogP contribution in [-0.2, 0) is 23.8 Å². The molecule has 0 unspecified atom stereocenters. The maximum absolute atomic E-state index is 14.0. The maximum Gasteiger partial charge on any atom is 0.306 e. The van der Waals surface area contributed by atoms with Crippen molar-refractivity contribution in [2.75, 3.05) is 7.11 Å². The van der Waals surface area contributed by atoms with Crippen LogP contribution in [-0.4, -0.2) is 47.6 Å². The topological polar surface area (TPSA) is 82.1 Å². The zero-order valence-corrected chi connectivity index (χ0v) is 42.2. The lowest BCUT2D eigenvalue weighted by Crippen LogP contribution is -2.67. The third kappa shape index (κ3) is 13.0. The van der Waals surface area contributed by atoms with E-state index in [2.05, 4.69) is 69.2 Å². The number of carbonyl (C=O) groups is 2. The summed E-state index contributed by atoms with van der Waals surface area (Å²) in [5.41, 5.74) is -1.17. The summed E-state index contributed by atoms with van der Waals surface area (Å²) in [6, 6.07) is 0. The number of methoxy groups -OCH3 is 1. The van der Waals surface area contributed by atoms with Crippen molar-refractivity contribution < 1.29 is 28.9 Å². The molecule has 4 aliphatic carbocycles. The Labute approximate surface area is 377 Å². The Bertz CT molecular complexity index is 1320. The van der Waals surface area contributed by atoms with E-state index in [0.717, 1.165) is 89.9 Å². The number of aliphatic hydroxyl groups is 1. The molecule has 10 atom stereocenters. The Morgan fingerprint density at radius 3 is 1.61 bits per heavy atom. The Morgan fingerprint density at radius 1 is 0.590 bits per heavy atom. The highest BCUT2D eigenvalue weighted by Crippen LogP contribution is 2.76. The minimum atomic E-state index is -0.851. The average molecular weight is 857 g/mol. The summed E-state index contributed by atoms with van der Waals surface area (Å²) in [6.45, 7) is 23.3. The first-order valence-corrected chi connectivity index (χ1v) is 26.5. The third-order valence-corrected chi connectivity index (χ3v) is 18.6. The molecular weight excluding hydrogens is 757 g/mol. The highest BCUT2D eigenvalue weighted by atomic mass is 16.5. The number of hydrogen-bond donors (Lipinski definition) is 1. The molecule has 0 bridgehead atoms. The Morgan fingerprint density at radius 2 is 1.08 bits per heavy atom. The molecule has 4 fully saturated rings. The molecule has 0 aromatic rings. The molecule has 0 aliphatic heterocycles. The van der Waals surface area contributed by atoms with E-state index in [1.54, 1.807) is 7.11 Å². The third-order valence-electron chi connectivity index (χ3n) is 18.6. The predicted octanol–water partition coefficient (Wildman–Crippen LogP) is 15.3. The van der Waals surface area contributed by atoms with Gasteiger partial charge in [0.1, 0.15) is 12.2 Å². The van der Waals surface area contributed by atoms with Gasteiger partial charge < -0.3 is 19.3 Å². The minimum Gasteiger partial charge on any atom is -0.462 e. The van der Waals surface area contributed by atoms with Gasteiger partial charge in [-0.15, -0.1) is 0 Å². The predicted molar refractivity (Wildman–Crippen MR) is 253 cm³/mol. The van der Waals surface area contributed by atoms with Crippen LogP contribution in [0.2, 0.25) is 0 Å². The molecule has 6 nitrogen and oxygen atoms in total. The molecule has 356 valence electrons. The van der Waals surface area contributed by atoms with Crippen molar-refractivity contribution in [1.82, 2.24) is 0 Å². The van der Waals surface area contributed by atoms with E-state index in [9.17, 15) is 14.7 Å². The number of unbranched alkanes of at least 4 members (excludes halogenated alkanes) is 16. The number of fused-ring (bicyclic) bond motifs is 5. The van der Waals surface area contributed by atoms with Gasteiger partial charge in [0.15, 0.2) is 0 Å². The van der Waals surface area contributed by atoms with Crippen LogP contribution < -0.4 is 0 Å². The van der Waals surface area contributed by atoms with Crippen LogP contribution in [0.5, 0.6) is 0 Å². The van der Waals surface area contributed by atoms with Gasteiger partial charge in [0.2, 0.25) is 0 Å². The second-order valence-electron chi connectivity index (χ2n) is 23.6. The molecule has 0 spiro atoms. The number of carbonyl (C=O) groups excluding carboxylic acids is 2. The van der Waals surface area contributed by atoms with Gasteiger partial charge in [0, 0.05) is 31.3 Å². The van der Waals surface area contributed by atoms with Crippen LogP contribution >= 0.6 is 0 Å². The fourth-order valence-corrected chi connectivity index (χ4v) is 14.5. The Balaban J connectivity index is 1.47. The van der Waals surface area contributed by atoms with Gasteiger partial charge in [-0.25, -0.2) is 0 Å². The van der Waals surface area contributed by atoms with Crippen molar-refractivity contribution in [3.05, 3.63) is 0 Å². The monoisotopic (exact) mass is 857 g/mol. The summed E-state index contributed by atoms with van der Waals surface area (Å²) >= 11 is 0. The molecule has 0 amide bonds. The van der Waals surface area contributed by atoms with E-state index in [4.69, 9.17) is 14.2 Å². The van der Waals surface area contributed by atoms with Gasteiger partial charge in [0.25, 0.3) is 0 Å². The molecule has 0 aromatic heterocycles. The zero-order valence-electron chi connectivity index (χ0n) is 42.2. The van der Waals surface area contributed by atoms with Crippen molar-refractivity contribution in [3.8, 4) is 0 Å². The van der Waals surface area contributed by atoms with Crippen LogP contribution in [0.4, 0.5) is 0 Å². The van der Waals surface area contributed by atoms with E-state index in [-0.39, 0.29) is 63.2 Å². The smallest absolute Gasteiger partial charge is 0.306 e. The first-order chi connectivity index (χ1) is 28.8. The summed E-state index contributed by atoms with van der Waals surface area (Å²) in [5, 5.41) is 12.5. The molecule has 4 aliphatic rings. The fraction of sp³-hybridized carbons (Fsp3) is 0.964. The molecule has 0 aromatic carbocycles. The largest absolute Gasteiger partial charge is 0.462 e. The van der Waals surface area contributed by atoms with Crippen molar-refractivity contribution in [3.63, 3.8) is 0 Å². The molecule has 0 radical (unpaired) electrons. The van der Waals surface area contributed by atoms with Crippen molar-refractivity contribution in [2.45, 2.75) is 285 Å². The average Bonchev–Trinajstić information content (AvgIpc) is 3.58. The maximum atomic E-state index is 14.0. The number of hydrogen-bond acceptors (Lipinski definition) is 6. The lowest BCUT2D eigenvalue weighted by Gasteiger charge is -2.70. The molecular formula is C55H100O6. The first kappa shape index (κ1) is 52.5. The molecule has 4 rings (SSSR count). The molecule has 6 heteroatoms. The van der Waals surface area contributed by atoms with Gasteiger partial charge in [-0.2, -0.15) is 0 Å². The first-order valence-electron chi connectivity index (χ1n) is 26.5. The SMILES string of the molecule is CCCCCCCCCCCC(=O)O[C@H]1CC[C@]2(C)[C@H]3C[C@@H](OC(=O)CCCCCCCCCCC)[C@@H]4[C@@H]([C@](C)(O)CCCC(C)(C)OC)CC[C@@]4(C)[C@]3(C)CC[C@H]2C1(C)C. The van der Waals surface area contributed by atoms with Crippen molar-refractivity contribution in [2.24, 2.45) is 45.3 Å². The Hall–Kier alpha value is -1.14. The quantitative estimate of drug-likeness (QED) is 0.0623. The molecule has 0 saturated heterocycles. The lowest BCUT2D eigenvalue weighted by molar-refractivity contribution is -0.253. The van der Waals surface area contributed by atoms with Crippen LogP contribution in [0.15, 0.2) is 0 Å². The Kier molecular flexibility index (Phi) is 20.1. The summed E-state index contributed by atoms with van der Waals surface area (Å²) in [7, 11) is 1.78. The van der Waals surface area contributed by atoms with Crippen molar-refractivity contribution in [1.29, 1.82) is 0 Å². The van der Waals surface area contributed by atoms with Gasteiger partial charge in [-0.05, 0) is 132 Å². The van der Waals surface area contributed by atoms with Gasteiger partial charge in [-0.3, -0.25) is 9.59 Å². The van der Waals surface area contributed by atoms with Crippen LogP contribution in [0.1, 0.15) is 262 Å². The standard InChI is InChI=1S/C55H100O6/c1-12-14-16-18-20-22-24-26-28-31-47(56)60-43-41-45-52(7)38-35-46(61-48(57)32-29-27-25-23-21-19-17-15-13-2)51(5,6)44(52)34-40-53(45,8)54(9)39-33-42(49(43)54)55(10,58)37-30-36-50(3,4)59-11/h42-46,49,58H,12-41H2,1-11H3/t42-,43+,44-,45+,46-,49-,52-,53+,54+,55+/m0/s1. The molecule has 0 heterocycles.